The number of ether oxygens (including phenoxy) is 2. The molecule has 3 aromatic carbocycles. The molecular weight excluding hydrogens is 477 g/mol. The van der Waals surface area contributed by atoms with Gasteiger partial charge in [0.25, 0.3) is 0 Å². The summed E-state index contributed by atoms with van der Waals surface area (Å²) in [5, 5.41) is 7.32. The Hall–Kier alpha value is -3.55. The van der Waals surface area contributed by atoms with Gasteiger partial charge in [-0.15, -0.1) is 0 Å². The zero-order valence-corrected chi connectivity index (χ0v) is 19.9. The number of hydrazone groups is 1. The summed E-state index contributed by atoms with van der Waals surface area (Å²) in [6.45, 7) is 0.612. The van der Waals surface area contributed by atoms with Gasteiger partial charge >= 0.3 is 11.8 Å². The van der Waals surface area contributed by atoms with Crippen molar-refractivity contribution in [1.82, 2.24) is 10.7 Å². The second-order valence-corrected chi connectivity index (χ2v) is 7.98. The average Bonchev–Trinajstić information content (AvgIpc) is 2.84. The monoisotopic (exact) mass is 499 g/mol. The van der Waals surface area contributed by atoms with Gasteiger partial charge < -0.3 is 14.8 Å². The summed E-state index contributed by atoms with van der Waals surface area (Å²) in [7, 11) is 1.49. The largest absolute Gasteiger partial charge is 0.493 e. The first-order chi connectivity index (χ1) is 16.5. The van der Waals surface area contributed by atoms with E-state index in [4.69, 9.17) is 32.7 Å². The number of methoxy groups -OCH3 is 1. The summed E-state index contributed by atoms with van der Waals surface area (Å²) in [6, 6.07) is 20.2. The fraction of sp³-hybridized carbons (Fsp3) is 0.160. The van der Waals surface area contributed by atoms with E-state index in [0.29, 0.717) is 40.1 Å². The first-order valence-corrected chi connectivity index (χ1v) is 11.1. The van der Waals surface area contributed by atoms with Gasteiger partial charge in [0, 0.05) is 11.6 Å². The van der Waals surface area contributed by atoms with Crippen LogP contribution < -0.4 is 20.2 Å². The van der Waals surface area contributed by atoms with Crippen molar-refractivity contribution in [2.24, 2.45) is 5.10 Å². The summed E-state index contributed by atoms with van der Waals surface area (Å²) in [6.07, 6.45) is 1.97. The van der Waals surface area contributed by atoms with Crippen LogP contribution >= 0.6 is 23.2 Å². The van der Waals surface area contributed by atoms with Crippen LogP contribution in [0.4, 0.5) is 0 Å². The standard InChI is InChI=1S/C25H23Cl2N3O4/c1-33-22-14-19(13-21(27)23(22)34-16-18-7-9-20(26)10-8-18)15-29-30-25(32)24(31)28-12-11-17-5-3-2-4-6-17/h2-10,13-15H,11-12,16H2,1H3,(H,28,31)(H,30,32)/b29-15-. The van der Waals surface area contributed by atoms with Crippen LogP contribution in [0.15, 0.2) is 71.8 Å². The quantitative estimate of drug-likeness (QED) is 0.259. The van der Waals surface area contributed by atoms with Crippen molar-refractivity contribution in [1.29, 1.82) is 0 Å². The third-order valence-corrected chi connectivity index (χ3v) is 5.21. The highest BCUT2D eigenvalue weighted by Crippen LogP contribution is 2.36. The Labute approximate surface area is 207 Å². The van der Waals surface area contributed by atoms with Gasteiger partial charge in [0.15, 0.2) is 11.5 Å². The molecule has 3 rings (SSSR count). The molecule has 7 nitrogen and oxygen atoms in total. The maximum Gasteiger partial charge on any atom is 0.329 e. The van der Waals surface area contributed by atoms with Crippen molar-refractivity contribution in [3.05, 3.63) is 93.5 Å². The molecule has 0 aliphatic rings. The Kier molecular flexibility index (Phi) is 9.31. The number of carbonyl (C=O) groups is 2. The Bertz CT molecular complexity index is 1150. The van der Waals surface area contributed by atoms with Crippen LogP contribution in [-0.2, 0) is 22.6 Å². The molecule has 176 valence electrons. The molecule has 2 N–H and O–H groups in total. The second kappa shape index (κ2) is 12.6. The molecule has 0 saturated heterocycles. The fourth-order valence-electron chi connectivity index (χ4n) is 2.95. The number of carbonyl (C=O) groups excluding carboxylic acids is 2. The molecule has 0 heterocycles. The molecule has 0 radical (unpaired) electrons. The Morgan fingerprint density at radius 3 is 2.41 bits per heavy atom. The van der Waals surface area contributed by atoms with Crippen molar-refractivity contribution in [3.63, 3.8) is 0 Å². The number of benzene rings is 3. The first kappa shape index (κ1) is 25.1. The van der Waals surface area contributed by atoms with Gasteiger partial charge in [0.05, 0.1) is 18.3 Å². The number of nitrogens with zero attached hydrogens (tertiary/aromatic N) is 1. The lowest BCUT2D eigenvalue weighted by atomic mass is 10.1. The molecule has 0 atom stereocenters. The van der Waals surface area contributed by atoms with Crippen LogP contribution in [0.1, 0.15) is 16.7 Å². The van der Waals surface area contributed by atoms with E-state index in [2.05, 4.69) is 15.8 Å². The number of nitrogens with one attached hydrogen (secondary N) is 2. The highest BCUT2D eigenvalue weighted by Gasteiger charge is 2.13. The van der Waals surface area contributed by atoms with Crippen molar-refractivity contribution in [2.75, 3.05) is 13.7 Å². The Morgan fingerprint density at radius 1 is 0.971 bits per heavy atom. The molecule has 34 heavy (non-hydrogen) atoms. The first-order valence-electron chi connectivity index (χ1n) is 10.4. The molecule has 3 aromatic rings. The smallest absolute Gasteiger partial charge is 0.329 e. The summed E-state index contributed by atoms with van der Waals surface area (Å²) in [5.74, 6) is -0.870. The van der Waals surface area contributed by atoms with Gasteiger partial charge in [0.2, 0.25) is 0 Å². The molecule has 0 saturated carbocycles. The third-order valence-electron chi connectivity index (χ3n) is 4.68. The molecule has 0 fully saturated rings. The molecule has 9 heteroatoms. The van der Waals surface area contributed by atoms with E-state index in [0.717, 1.165) is 11.1 Å². The van der Waals surface area contributed by atoms with Gasteiger partial charge in [0.1, 0.15) is 6.61 Å². The molecule has 0 aromatic heterocycles. The summed E-state index contributed by atoms with van der Waals surface area (Å²) >= 11 is 12.3. The number of hydrogen-bond donors (Lipinski definition) is 2. The zero-order chi connectivity index (χ0) is 24.3. The molecule has 0 bridgehead atoms. The number of halogens is 2. The minimum absolute atomic E-state index is 0.274. The lowest BCUT2D eigenvalue weighted by Gasteiger charge is -2.13. The van der Waals surface area contributed by atoms with Crippen LogP contribution in [0, 0.1) is 0 Å². The fourth-order valence-corrected chi connectivity index (χ4v) is 3.35. The maximum absolute atomic E-state index is 11.9. The van der Waals surface area contributed by atoms with Crippen LogP contribution in [0.5, 0.6) is 11.5 Å². The predicted octanol–water partition coefficient (Wildman–Crippen LogP) is 4.39. The highest BCUT2D eigenvalue weighted by molar-refractivity contribution is 6.35. The van der Waals surface area contributed by atoms with Crippen LogP contribution in [0.25, 0.3) is 0 Å². The SMILES string of the molecule is COc1cc(/C=N\NC(=O)C(=O)NCCc2ccccc2)cc(Cl)c1OCc1ccc(Cl)cc1. The van der Waals surface area contributed by atoms with Crippen LogP contribution in [-0.4, -0.2) is 31.7 Å². The van der Waals surface area contributed by atoms with Crippen molar-refractivity contribution >= 4 is 41.2 Å². The van der Waals surface area contributed by atoms with E-state index >= 15 is 0 Å². The number of amides is 2. The summed E-state index contributed by atoms with van der Waals surface area (Å²) in [5.41, 5.74) is 4.72. The van der Waals surface area contributed by atoms with E-state index in [9.17, 15) is 9.59 Å². The molecular formula is C25H23Cl2N3O4. The van der Waals surface area contributed by atoms with E-state index in [-0.39, 0.29) is 6.61 Å². The second-order valence-electron chi connectivity index (χ2n) is 7.14. The van der Waals surface area contributed by atoms with Crippen molar-refractivity contribution < 1.29 is 19.1 Å². The zero-order valence-electron chi connectivity index (χ0n) is 18.4. The van der Waals surface area contributed by atoms with Gasteiger partial charge in [-0.2, -0.15) is 5.10 Å². The van der Waals surface area contributed by atoms with Gasteiger partial charge in [-0.05, 0) is 47.4 Å². The highest BCUT2D eigenvalue weighted by atomic mass is 35.5. The molecule has 0 unspecified atom stereocenters. The molecule has 0 aliphatic carbocycles. The number of rotatable bonds is 9. The van der Waals surface area contributed by atoms with Gasteiger partial charge in [-0.25, -0.2) is 5.43 Å². The van der Waals surface area contributed by atoms with Gasteiger partial charge in [-0.1, -0.05) is 65.7 Å². The van der Waals surface area contributed by atoms with Gasteiger partial charge in [-0.3, -0.25) is 9.59 Å². The van der Waals surface area contributed by atoms with E-state index in [1.165, 1.54) is 13.3 Å². The minimum Gasteiger partial charge on any atom is -0.493 e. The molecule has 0 spiro atoms. The normalized spacial score (nSPS) is 10.7. The van der Waals surface area contributed by atoms with Crippen LogP contribution in [0.2, 0.25) is 10.0 Å². The molecule has 0 aliphatic heterocycles. The maximum atomic E-state index is 11.9. The minimum atomic E-state index is -0.870. The average molecular weight is 500 g/mol. The van der Waals surface area contributed by atoms with Crippen LogP contribution in [0.3, 0.4) is 0 Å². The van der Waals surface area contributed by atoms with E-state index < -0.39 is 11.8 Å². The third kappa shape index (κ3) is 7.50. The van der Waals surface area contributed by atoms with E-state index in [1.54, 1.807) is 24.3 Å². The Morgan fingerprint density at radius 2 is 1.71 bits per heavy atom. The number of hydrogen-bond acceptors (Lipinski definition) is 5. The molecule has 2 amide bonds. The lowest BCUT2D eigenvalue weighted by Crippen LogP contribution is -2.38. The Balaban J connectivity index is 1.53. The van der Waals surface area contributed by atoms with Crippen molar-refractivity contribution in [2.45, 2.75) is 13.0 Å². The lowest BCUT2D eigenvalue weighted by molar-refractivity contribution is -0.139. The summed E-state index contributed by atoms with van der Waals surface area (Å²) in [4.78, 5) is 23.9. The topological polar surface area (TPSA) is 89.0 Å². The predicted molar refractivity (Wildman–Crippen MR) is 133 cm³/mol. The van der Waals surface area contributed by atoms with E-state index in [1.807, 2.05) is 42.5 Å². The van der Waals surface area contributed by atoms with Crippen molar-refractivity contribution in [3.8, 4) is 11.5 Å². The summed E-state index contributed by atoms with van der Waals surface area (Å²) < 4.78 is 11.2.